The third-order valence-electron chi connectivity index (χ3n) is 2.88. The van der Waals surface area contributed by atoms with Gasteiger partial charge in [0.25, 0.3) is 0 Å². The average Bonchev–Trinajstić information content (AvgIpc) is 2.35. The maximum atomic E-state index is 13.5. The first-order chi connectivity index (χ1) is 8.56. The number of benzene rings is 1. The molecule has 2 rings (SSSR count). The van der Waals surface area contributed by atoms with Gasteiger partial charge in [-0.1, -0.05) is 18.2 Å². The molecule has 2 aromatic rings. The summed E-state index contributed by atoms with van der Waals surface area (Å²) in [5, 5.41) is 3.23. The van der Waals surface area contributed by atoms with E-state index in [9.17, 15) is 4.39 Å². The lowest BCUT2D eigenvalue weighted by molar-refractivity contribution is 0.608. The Kier molecular flexibility index (Phi) is 3.60. The van der Waals surface area contributed by atoms with Gasteiger partial charge in [-0.25, -0.2) is 9.37 Å². The van der Waals surface area contributed by atoms with Crippen LogP contribution in [0.5, 0.6) is 0 Å². The Bertz CT molecular complexity index is 524. The minimum atomic E-state index is -0.118. The summed E-state index contributed by atoms with van der Waals surface area (Å²) in [6.45, 7) is 6.23. The lowest BCUT2D eigenvalue weighted by Gasteiger charge is -2.09. The van der Waals surface area contributed by atoms with Crippen LogP contribution >= 0.6 is 0 Å². The lowest BCUT2D eigenvalue weighted by atomic mass is 10.1. The van der Waals surface area contributed by atoms with Crippen LogP contribution in [0.2, 0.25) is 0 Å². The van der Waals surface area contributed by atoms with Gasteiger partial charge in [0.15, 0.2) is 0 Å². The lowest BCUT2D eigenvalue weighted by Crippen LogP contribution is -2.03. The zero-order valence-electron chi connectivity index (χ0n) is 10.9. The Labute approximate surface area is 107 Å². The quantitative estimate of drug-likeness (QED) is 0.889. The molecule has 2 nitrogen and oxygen atoms in total. The molecular formula is C15H17FN2. The van der Waals surface area contributed by atoms with Gasteiger partial charge in [0.1, 0.15) is 11.6 Å². The number of halogens is 1. The highest BCUT2D eigenvalue weighted by molar-refractivity contribution is 5.38. The molecule has 0 radical (unpaired) electrons. The second-order valence-corrected chi connectivity index (χ2v) is 4.62. The van der Waals surface area contributed by atoms with Crippen molar-refractivity contribution in [1.29, 1.82) is 0 Å². The number of anilines is 1. The summed E-state index contributed by atoms with van der Waals surface area (Å²) in [5.41, 5.74) is 3.56. The van der Waals surface area contributed by atoms with Gasteiger partial charge in [-0.15, -0.1) is 0 Å². The van der Waals surface area contributed by atoms with Gasteiger partial charge in [0.05, 0.1) is 0 Å². The molecule has 0 spiro atoms. The topological polar surface area (TPSA) is 24.9 Å². The predicted molar refractivity (Wildman–Crippen MR) is 72.2 cm³/mol. The minimum absolute atomic E-state index is 0.118. The van der Waals surface area contributed by atoms with Gasteiger partial charge in [0.2, 0.25) is 0 Å². The van der Waals surface area contributed by atoms with Gasteiger partial charge in [-0.2, -0.15) is 0 Å². The fraction of sp³-hybridized carbons (Fsp3) is 0.267. The van der Waals surface area contributed by atoms with Crippen molar-refractivity contribution < 1.29 is 4.39 Å². The van der Waals surface area contributed by atoms with E-state index in [1.807, 2.05) is 37.4 Å². The molecule has 0 saturated carbocycles. The molecule has 0 amide bonds. The standard InChI is InChI=1S/C15H17FN2/c1-10-4-5-14(17-8-10)18-9-13-6-11(2)15(16)12(3)7-13/h4-8H,9H2,1-3H3,(H,17,18). The number of hydrogen-bond donors (Lipinski definition) is 1. The molecular weight excluding hydrogens is 227 g/mol. The van der Waals surface area contributed by atoms with Crippen molar-refractivity contribution in [1.82, 2.24) is 4.98 Å². The largest absolute Gasteiger partial charge is 0.366 e. The van der Waals surface area contributed by atoms with Gasteiger partial charge in [0, 0.05) is 12.7 Å². The summed E-state index contributed by atoms with van der Waals surface area (Å²) in [7, 11) is 0. The van der Waals surface area contributed by atoms with Crippen molar-refractivity contribution in [2.75, 3.05) is 5.32 Å². The Morgan fingerprint density at radius 2 is 1.78 bits per heavy atom. The zero-order valence-corrected chi connectivity index (χ0v) is 10.9. The summed E-state index contributed by atoms with van der Waals surface area (Å²) in [6.07, 6.45) is 1.82. The summed E-state index contributed by atoms with van der Waals surface area (Å²) >= 11 is 0. The van der Waals surface area contributed by atoms with Crippen molar-refractivity contribution >= 4 is 5.82 Å². The van der Waals surface area contributed by atoms with Gasteiger partial charge >= 0.3 is 0 Å². The van der Waals surface area contributed by atoms with E-state index in [2.05, 4.69) is 10.3 Å². The molecule has 0 saturated heterocycles. The highest BCUT2D eigenvalue weighted by Crippen LogP contribution is 2.15. The smallest absolute Gasteiger partial charge is 0.129 e. The van der Waals surface area contributed by atoms with Crippen LogP contribution in [-0.2, 0) is 6.54 Å². The van der Waals surface area contributed by atoms with Crippen LogP contribution < -0.4 is 5.32 Å². The molecule has 1 aromatic carbocycles. The Hall–Kier alpha value is -1.90. The maximum absolute atomic E-state index is 13.5. The number of rotatable bonds is 3. The van der Waals surface area contributed by atoms with E-state index in [1.165, 1.54) is 0 Å². The Morgan fingerprint density at radius 3 is 2.33 bits per heavy atom. The van der Waals surface area contributed by atoms with Gasteiger partial charge in [-0.05, 0) is 49.1 Å². The maximum Gasteiger partial charge on any atom is 0.129 e. The third kappa shape index (κ3) is 2.86. The highest BCUT2D eigenvalue weighted by Gasteiger charge is 2.04. The van der Waals surface area contributed by atoms with E-state index in [1.54, 1.807) is 13.8 Å². The molecule has 0 aliphatic heterocycles. The molecule has 1 N–H and O–H groups in total. The minimum Gasteiger partial charge on any atom is -0.366 e. The fourth-order valence-corrected chi connectivity index (χ4v) is 1.90. The van der Waals surface area contributed by atoms with E-state index in [0.717, 1.165) is 16.9 Å². The van der Waals surface area contributed by atoms with Crippen LogP contribution in [0.25, 0.3) is 0 Å². The monoisotopic (exact) mass is 244 g/mol. The molecule has 0 fully saturated rings. The molecule has 0 aliphatic carbocycles. The molecule has 1 heterocycles. The number of nitrogens with one attached hydrogen (secondary N) is 1. The van der Waals surface area contributed by atoms with E-state index in [4.69, 9.17) is 0 Å². The number of aromatic nitrogens is 1. The van der Waals surface area contributed by atoms with Crippen LogP contribution in [0.15, 0.2) is 30.5 Å². The molecule has 18 heavy (non-hydrogen) atoms. The van der Waals surface area contributed by atoms with Crippen molar-refractivity contribution in [3.63, 3.8) is 0 Å². The van der Waals surface area contributed by atoms with Crippen LogP contribution in [-0.4, -0.2) is 4.98 Å². The molecule has 0 bridgehead atoms. The van der Waals surface area contributed by atoms with Gasteiger partial charge < -0.3 is 5.32 Å². The first-order valence-electron chi connectivity index (χ1n) is 5.98. The van der Waals surface area contributed by atoms with Gasteiger partial charge in [-0.3, -0.25) is 0 Å². The first kappa shape index (κ1) is 12.6. The van der Waals surface area contributed by atoms with E-state index in [0.29, 0.717) is 17.7 Å². The van der Waals surface area contributed by atoms with Crippen LogP contribution in [0.4, 0.5) is 10.2 Å². The molecule has 0 atom stereocenters. The second kappa shape index (κ2) is 5.17. The fourth-order valence-electron chi connectivity index (χ4n) is 1.90. The predicted octanol–water partition coefficient (Wildman–Crippen LogP) is 3.76. The molecule has 3 heteroatoms. The summed E-state index contributed by atoms with van der Waals surface area (Å²) < 4.78 is 13.5. The molecule has 1 aromatic heterocycles. The molecule has 94 valence electrons. The van der Waals surface area contributed by atoms with E-state index < -0.39 is 0 Å². The number of aryl methyl sites for hydroxylation is 3. The van der Waals surface area contributed by atoms with E-state index in [-0.39, 0.29) is 5.82 Å². The Balaban J connectivity index is 2.08. The van der Waals surface area contributed by atoms with Crippen molar-refractivity contribution in [2.45, 2.75) is 27.3 Å². The average molecular weight is 244 g/mol. The first-order valence-corrected chi connectivity index (χ1v) is 5.98. The SMILES string of the molecule is Cc1ccc(NCc2cc(C)c(F)c(C)c2)nc1. The third-order valence-corrected chi connectivity index (χ3v) is 2.88. The Morgan fingerprint density at radius 1 is 1.11 bits per heavy atom. The molecule has 0 aliphatic rings. The van der Waals surface area contributed by atoms with Crippen LogP contribution in [0, 0.1) is 26.6 Å². The molecule has 0 unspecified atom stereocenters. The summed E-state index contributed by atoms with van der Waals surface area (Å²) in [4.78, 5) is 4.27. The van der Waals surface area contributed by atoms with Crippen molar-refractivity contribution in [3.05, 3.63) is 58.5 Å². The van der Waals surface area contributed by atoms with E-state index >= 15 is 0 Å². The normalized spacial score (nSPS) is 10.4. The zero-order chi connectivity index (χ0) is 13.1. The van der Waals surface area contributed by atoms with Crippen LogP contribution in [0.1, 0.15) is 22.3 Å². The highest BCUT2D eigenvalue weighted by atomic mass is 19.1. The number of pyridine rings is 1. The van der Waals surface area contributed by atoms with Crippen LogP contribution in [0.3, 0.4) is 0 Å². The summed E-state index contributed by atoms with van der Waals surface area (Å²) in [6, 6.07) is 7.68. The number of nitrogens with zero attached hydrogens (tertiary/aromatic N) is 1. The summed E-state index contributed by atoms with van der Waals surface area (Å²) in [5.74, 6) is 0.715. The second-order valence-electron chi connectivity index (χ2n) is 4.62. The van der Waals surface area contributed by atoms with Crippen molar-refractivity contribution in [3.8, 4) is 0 Å². The number of hydrogen-bond acceptors (Lipinski definition) is 2. The van der Waals surface area contributed by atoms with Crippen molar-refractivity contribution in [2.24, 2.45) is 0 Å².